The molecule has 6 N–H and O–H groups in total. The molecule has 0 aromatic heterocycles. The third kappa shape index (κ3) is 6.71. The Morgan fingerprint density at radius 1 is 1.16 bits per heavy atom. The van der Waals surface area contributed by atoms with Crippen LogP contribution in [0.15, 0.2) is 64.5 Å². The van der Waals surface area contributed by atoms with Crippen LogP contribution in [0.2, 0.25) is 0 Å². The fourth-order valence-electron chi connectivity index (χ4n) is 6.75. The van der Waals surface area contributed by atoms with Gasteiger partial charge in [0, 0.05) is 24.1 Å². The summed E-state index contributed by atoms with van der Waals surface area (Å²) in [6.45, 7) is 4.82. The van der Waals surface area contributed by atoms with Gasteiger partial charge < -0.3 is 31.6 Å². The third-order valence-electron chi connectivity index (χ3n) is 9.33. The largest absolute Gasteiger partial charge is 0.463 e. The molecule has 45 heavy (non-hydrogen) atoms. The lowest BCUT2D eigenvalue weighted by atomic mass is 9.72. The molecule has 2 fully saturated rings. The van der Waals surface area contributed by atoms with Crippen LogP contribution in [0.3, 0.4) is 0 Å². The summed E-state index contributed by atoms with van der Waals surface area (Å²) < 4.78 is 11.6. The van der Waals surface area contributed by atoms with E-state index in [0.717, 1.165) is 56.1 Å². The van der Waals surface area contributed by atoms with Gasteiger partial charge in [0.15, 0.2) is 17.3 Å². The van der Waals surface area contributed by atoms with Crippen LogP contribution in [0.4, 0.5) is 0 Å². The van der Waals surface area contributed by atoms with Crippen LogP contribution < -0.4 is 22.1 Å². The summed E-state index contributed by atoms with van der Waals surface area (Å²) in [7, 11) is 0. The summed E-state index contributed by atoms with van der Waals surface area (Å²) >= 11 is 0. The van der Waals surface area contributed by atoms with Gasteiger partial charge in [0.25, 0.3) is 5.60 Å². The number of benzene rings is 1. The number of hydrogen-bond donors (Lipinski definition) is 4. The predicted molar refractivity (Wildman–Crippen MR) is 174 cm³/mol. The number of guanidine groups is 1. The van der Waals surface area contributed by atoms with Crippen molar-refractivity contribution < 1.29 is 23.9 Å². The van der Waals surface area contributed by atoms with Crippen molar-refractivity contribution >= 4 is 23.5 Å². The number of hydrogen-bond acceptors (Lipinski definition) is 8. The maximum absolute atomic E-state index is 13.9. The van der Waals surface area contributed by atoms with Gasteiger partial charge in [-0.15, -0.1) is 0 Å². The average Bonchev–Trinajstić information content (AvgIpc) is 3.75. The van der Waals surface area contributed by atoms with E-state index >= 15 is 0 Å². The molecular formula is C35H47N5O5. The number of ether oxygens (including phenoxy) is 2. The first kappa shape index (κ1) is 32.5. The Morgan fingerprint density at radius 2 is 1.89 bits per heavy atom. The Labute approximate surface area is 265 Å². The van der Waals surface area contributed by atoms with E-state index in [4.69, 9.17) is 25.9 Å². The lowest BCUT2D eigenvalue weighted by molar-refractivity contribution is -0.148. The summed E-state index contributed by atoms with van der Waals surface area (Å²) in [6.07, 6.45) is 15.7. The SMILES string of the molecule is CCCCCCOC(=O)[C@]12O[C@@]1(C/C=C(\C)C[C@@H](NC(N)=NC1CCCCC1)C1=CCNC(N)=C1)C(=O)c1ccccc1C2=O. The highest BCUT2D eigenvalue weighted by Gasteiger charge is 2.85. The molecule has 4 aliphatic rings. The molecule has 0 unspecified atom stereocenters. The van der Waals surface area contributed by atoms with Crippen LogP contribution in [0.1, 0.15) is 105 Å². The second-order valence-corrected chi connectivity index (χ2v) is 12.7. The van der Waals surface area contributed by atoms with E-state index in [1.54, 1.807) is 24.3 Å². The molecular weight excluding hydrogens is 570 g/mol. The van der Waals surface area contributed by atoms with Crippen LogP contribution >= 0.6 is 0 Å². The maximum Gasteiger partial charge on any atom is 0.350 e. The first-order chi connectivity index (χ1) is 21.7. The molecule has 0 radical (unpaired) electrons. The normalized spacial score (nSPS) is 25.7. The van der Waals surface area contributed by atoms with Crippen LogP contribution in [-0.2, 0) is 14.3 Å². The van der Waals surface area contributed by atoms with Gasteiger partial charge in [-0.05, 0) is 44.3 Å². The number of carbonyl (C=O) groups is 3. The fraction of sp³-hybridized carbons (Fsp3) is 0.543. The first-order valence-corrected chi connectivity index (χ1v) is 16.4. The Hall–Kier alpha value is -3.92. The molecule has 1 saturated heterocycles. The molecule has 10 heteroatoms. The summed E-state index contributed by atoms with van der Waals surface area (Å²) in [5.41, 5.74) is 11.3. The minimum Gasteiger partial charge on any atom is -0.463 e. The number of ketones is 2. The number of aliphatic imine (C=N–C) groups is 1. The zero-order chi connectivity index (χ0) is 32.0. The van der Waals surface area contributed by atoms with Crippen LogP contribution in [0, 0.1) is 0 Å². The molecule has 1 aromatic carbocycles. The van der Waals surface area contributed by atoms with Crippen molar-refractivity contribution in [2.24, 2.45) is 16.5 Å². The van der Waals surface area contributed by atoms with E-state index in [1.165, 1.54) is 6.42 Å². The number of epoxide rings is 1. The standard InChI is InChI=1S/C35H47N5O5/c1-3-4-5-11-20-44-32(43)35-31(42)27-15-10-9-14-26(27)30(41)34(35,45-35)18-16-23(2)21-28(24-17-19-38-29(36)22-24)40-33(37)39-25-12-7-6-8-13-25/h9-10,14-17,22,25,28,38H,3-8,11-13,18-21,36H2,1-2H3,(H3,37,39,40)/b23-16+/t28-,34+,35+/m1/s1. The molecule has 2 aliphatic carbocycles. The Bertz CT molecular complexity index is 1420. The number of fused-ring (bicyclic) bond motifs is 2. The topological polar surface area (TPSA) is 161 Å². The van der Waals surface area contributed by atoms with E-state index in [2.05, 4.69) is 23.6 Å². The number of carbonyl (C=O) groups excluding carboxylic acids is 3. The minimum absolute atomic E-state index is 0.0552. The summed E-state index contributed by atoms with van der Waals surface area (Å²) in [6, 6.07) is 6.57. The molecule has 0 amide bonds. The number of esters is 1. The highest BCUT2D eigenvalue weighted by atomic mass is 16.7. The average molecular weight is 618 g/mol. The molecule has 0 spiro atoms. The minimum atomic E-state index is -1.97. The number of dihydropyridines is 1. The second-order valence-electron chi connectivity index (χ2n) is 12.7. The van der Waals surface area contributed by atoms with Crippen molar-refractivity contribution in [3.05, 3.63) is 70.6 Å². The zero-order valence-corrected chi connectivity index (χ0v) is 26.5. The van der Waals surface area contributed by atoms with Gasteiger partial charge >= 0.3 is 5.97 Å². The van der Waals surface area contributed by atoms with Gasteiger partial charge in [0.2, 0.25) is 5.78 Å². The smallest absolute Gasteiger partial charge is 0.350 e. The van der Waals surface area contributed by atoms with Crippen molar-refractivity contribution in [3.63, 3.8) is 0 Å². The van der Waals surface area contributed by atoms with E-state index < -0.39 is 23.0 Å². The molecule has 5 rings (SSSR count). The number of nitrogens with zero attached hydrogens (tertiary/aromatic N) is 1. The Balaban J connectivity index is 1.36. The van der Waals surface area contributed by atoms with Crippen molar-refractivity contribution in [1.29, 1.82) is 0 Å². The fourth-order valence-corrected chi connectivity index (χ4v) is 6.75. The van der Waals surface area contributed by atoms with Crippen molar-refractivity contribution in [2.75, 3.05) is 13.2 Å². The van der Waals surface area contributed by atoms with E-state index in [-0.39, 0.29) is 42.0 Å². The Kier molecular flexibility index (Phi) is 10.1. The number of Topliss-reactive ketones (excluding diaryl/α,β-unsaturated/α-hetero) is 2. The summed E-state index contributed by atoms with van der Waals surface area (Å²) in [5.74, 6) is -0.726. The monoisotopic (exact) mass is 617 g/mol. The first-order valence-electron chi connectivity index (χ1n) is 16.4. The molecule has 0 bridgehead atoms. The van der Waals surface area contributed by atoms with Crippen LogP contribution in [0.25, 0.3) is 0 Å². The molecule has 2 aliphatic heterocycles. The van der Waals surface area contributed by atoms with Gasteiger partial charge in [0.1, 0.15) is 0 Å². The maximum atomic E-state index is 13.9. The van der Waals surface area contributed by atoms with E-state index in [0.29, 0.717) is 31.2 Å². The lowest BCUT2D eigenvalue weighted by Crippen LogP contribution is -2.50. The zero-order valence-electron chi connectivity index (χ0n) is 26.5. The highest BCUT2D eigenvalue weighted by Crippen LogP contribution is 2.58. The summed E-state index contributed by atoms with van der Waals surface area (Å²) in [5, 5.41) is 6.50. The van der Waals surface area contributed by atoms with E-state index in [9.17, 15) is 14.4 Å². The van der Waals surface area contributed by atoms with Crippen molar-refractivity contribution in [3.8, 4) is 0 Å². The van der Waals surface area contributed by atoms with Gasteiger partial charge in [-0.2, -0.15) is 0 Å². The second kappa shape index (κ2) is 14.0. The van der Waals surface area contributed by atoms with Crippen LogP contribution in [-0.4, -0.2) is 59.9 Å². The number of nitrogens with one attached hydrogen (secondary N) is 2. The summed E-state index contributed by atoms with van der Waals surface area (Å²) in [4.78, 5) is 45.9. The van der Waals surface area contributed by atoms with Crippen LogP contribution in [0.5, 0.6) is 0 Å². The number of rotatable bonds is 13. The lowest BCUT2D eigenvalue weighted by Gasteiger charge is -2.26. The van der Waals surface area contributed by atoms with E-state index in [1.807, 2.05) is 19.1 Å². The molecule has 242 valence electrons. The van der Waals surface area contributed by atoms with Crippen molar-refractivity contribution in [2.45, 2.75) is 108 Å². The molecule has 10 nitrogen and oxygen atoms in total. The highest BCUT2D eigenvalue weighted by molar-refractivity contribution is 6.32. The van der Waals surface area contributed by atoms with Crippen molar-refractivity contribution in [1.82, 2.24) is 10.6 Å². The number of nitrogens with two attached hydrogens (primary N) is 2. The molecule has 1 aromatic rings. The molecule has 3 atom stereocenters. The molecule has 1 saturated carbocycles. The third-order valence-corrected chi connectivity index (χ3v) is 9.33. The quantitative estimate of drug-likeness (QED) is 0.0479. The predicted octanol–water partition coefficient (Wildman–Crippen LogP) is 4.36. The number of unbranched alkanes of at least 4 members (excludes halogenated alkanes) is 3. The van der Waals surface area contributed by atoms with Gasteiger partial charge in [-0.25, -0.2) is 4.79 Å². The molecule has 2 heterocycles. The van der Waals surface area contributed by atoms with Gasteiger partial charge in [-0.3, -0.25) is 14.6 Å². The van der Waals surface area contributed by atoms with Gasteiger partial charge in [0.05, 0.1) is 24.5 Å². The van der Waals surface area contributed by atoms with Gasteiger partial charge in [-0.1, -0.05) is 87.4 Å². The Morgan fingerprint density at radius 3 is 2.60 bits per heavy atom.